The van der Waals surface area contributed by atoms with Gasteiger partial charge in [0.1, 0.15) is 48.1 Å². The first-order valence-electron chi connectivity index (χ1n) is 26.2. The fourth-order valence-corrected chi connectivity index (χ4v) is 9.61. The molecule has 6 amide bonds. The van der Waals surface area contributed by atoms with E-state index in [9.17, 15) is 48.3 Å². The maximum atomic E-state index is 14.9. The third-order valence-electron chi connectivity index (χ3n) is 14.4. The number of esters is 2. The highest BCUT2D eigenvalue weighted by Crippen LogP contribution is 2.26. The summed E-state index contributed by atoms with van der Waals surface area (Å²) in [5.74, 6) is -8.89. The fourth-order valence-electron chi connectivity index (χ4n) is 9.61. The maximum absolute atomic E-state index is 14.9. The second kappa shape index (κ2) is 27.6. The molecule has 0 bridgehead atoms. The average Bonchev–Trinajstić information content (AvgIpc) is 4.09. The molecule has 74 heavy (non-hydrogen) atoms. The molecule has 2 fully saturated rings. The quantitative estimate of drug-likeness (QED) is 0.102. The van der Waals surface area contributed by atoms with Crippen molar-refractivity contribution in [3.63, 3.8) is 0 Å². The monoisotopic (exact) mass is 1040 g/mol. The summed E-state index contributed by atoms with van der Waals surface area (Å²) in [6.45, 7) is 17.6. The number of Topliss-reactive ketones (excluding diaryl/α,β-unsaturated/α-hetero) is 1. The minimum absolute atomic E-state index is 0.0948. The Hall–Kier alpha value is -5.89. The summed E-state index contributed by atoms with van der Waals surface area (Å²) in [5.41, 5.74) is 0.599. The normalized spacial score (nSPS) is 28.1. The van der Waals surface area contributed by atoms with Crippen LogP contribution < -0.4 is 26.0 Å². The summed E-state index contributed by atoms with van der Waals surface area (Å²) >= 11 is 0. The molecule has 5 N–H and O–H groups in total. The summed E-state index contributed by atoms with van der Waals surface area (Å²) in [6.07, 6.45) is -0.439. The van der Waals surface area contributed by atoms with Crippen LogP contribution in [0, 0.1) is 29.6 Å². The molecular formula is C54H83N7O13. The van der Waals surface area contributed by atoms with Gasteiger partial charge >= 0.3 is 11.9 Å². The number of amides is 6. The molecule has 0 spiro atoms. The van der Waals surface area contributed by atoms with Crippen molar-refractivity contribution in [3.8, 4) is 5.75 Å². The van der Waals surface area contributed by atoms with E-state index in [4.69, 9.17) is 14.2 Å². The highest BCUT2D eigenvalue weighted by molar-refractivity contribution is 6.05. The highest BCUT2D eigenvalue weighted by atomic mass is 16.6. The SMILES string of the molecule is CC[C@H](C)[C@H]1NC(=O)[C@@H](NC(=O)[C@@H](CC(C)C)N(C)C(=O)[C@@H]2C=CCN2)[C@H](C)OC(=O)[C@H](Cc2ccc(OC)cc2)N(C)C(=O)[C@@H]2CCCN2C(=O)[C@@H](CC(C)C)NC(=O)[C@@H](C)C(=O)[C@@H](C(C)C)OC(=O)C[C@H]1O. The van der Waals surface area contributed by atoms with E-state index in [1.807, 2.05) is 27.7 Å². The van der Waals surface area contributed by atoms with Gasteiger partial charge in [0.25, 0.3) is 0 Å². The molecule has 0 aromatic heterocycles. The number of nitrogens with one attached hydrogen (secondary N) is 4. The molecule has 12 atom stereocenters. The Morgan fingerprint density at radius 2 is 1.58 bits per heavy atom. The fraction of sp³-hybridized carbons (Fsp3) is 0.685. The molecule has 1 aromatic rings. The van der Waals surface area contributed by atoms with Crippen LogP contribution in [0.1, 0.15) is 113 Å². The number of nitrogens with zero attached hydrogens (tertiary/aromatic N) is 3. The van der Waals surface area contributed by atoms with E-state index in [0.717, 1.165) is 0 Å². The van der Waals surface area contributed by atoms with E-state index < -0.39 is 132 Å². The van der Waals surface area contributed by atoms with E-state index >= 15 is 0 Å². The number of likely N-dealkylation sites (N-methyl/N-ethyl adjacent to an activating group) is 2. The number of benzene rings is 1. The third kappa shape index (κ3) is 15.8. The van der Waals surface area contributed by atoms with Crippen molar-refractivity contribution in [2.24, 2.45) is 29.6 Å². The van der Waals surface area contributed by atoms with Crippen LogP contribution in [0.2, 0.25) is 0 Å². The zero-order valence-electron chi connectivity index (χ0n) is 45.7. The molecule has 0 saturated carbocycles. The van der Waals surface area contributed by atoms with Crippen LogP contribution in [0.5, 0.6) is 5.75 Å². The van der Waals surface area contributed by atoms with Gasteiger partial charge in [-0.05, 0) is 80.9 Å². The van der Waals surface area contributed by atoms with E-state index in [1.165, 1.54) is 49.8 Å². The Bertz CT molecular complexity index is 2180. The molecule has 2 saturated heterocycles. The number of carbonyl (C=O) groups is 9. The highest BCUT2D eigenvalue weighted by Gasteiger charge is 2.45. The summed E-state index contributed by atoms with van der Waals surface area (Å²) in [7, 11) is 4.42. The van der Waals surface area contributed by atoms with Gasteiger partial charge in [-0.3, -0.25) is 43.7 Å². The lowest BCUT2D eigenvalue weighted by atomic mass is 9.91. The maximum Gasteiger partial charge on any atom is 0.329 e. The number of hydrogen-bond donors (Lipinski definition) is 5. The first-order chi connectivity index (χ1) is 34.8. The number of aliphatic hydroxyl groups is 1. The summed E-state index contributed by atoms with van der Waals surface area (Å²) in [4.78, 5) is 133. The van der Waals surface area contributed by atoms with Gasteiger partial charge < -0.3 is 50.0 Å². The largest absolute Gasteiger partial charge is 0.497 e. The van der Waals surface area contributed by atoms with E-state index in [2.05, 4.69) is 21.3 Å². The molecule has 0 radical (unpaired) electrons. The van der Waals surface area contributed by atoms with Gasteiger partial charge in [0.15, 0.2) is 11.9 Å². The van der Waals surface area contributed by atoms with Crippen molar-refractivity contribution in [1.82, 2.24) is 36.0 Å². The molecule has 3 aliphatic rings. The Morgan fingerprint density at radius 1 is 0.919 bits per heavy atom. The van der Waals surface area contributed by atoms with Crippen molar-refractivity contribution < 1.29 is 62.5 Å². The molecule has 1 aromatic carbocycles. The van der Waals surface area contributed by atoms with Crippen molar-refractivity contribution >= 4 is 53.2 Å². The predicted molar refractivity (Wildman–Crippen MR) is 275 cm³/mol. The van der Waals surface area contributed by atoms with Crippen molar-refractivity contribution in [3.05, 3.63) is 42.0 Å². The molecular weight excluding hydrogens is 955 g/mol. The first-order valence-corrected chi connectivity index (χ1v) is 26.2. The lowest BCUT2D eigenvalue weighted by Crippen LogP contribution is -2.62. The summed E-state index contributed by atoms with van der Waals surface area (Å²) in [6, 6.07) is -1.43. The lowest BCUT2D eigenvalue weighted by molar-refractivity contribution is -0.163. The molecule has 0 aliphatic carbocycles. The number of methoxy groups -OCH3 is 1. The Kier molecular flexibility index (Phi) is 22.6. The second-order valence-corrected chi connectivity index (χ2v) is 21.4. The Labute approximate surface area is 436 Å². The number of rotatable bonds is 14. The van der Waals surface area contributed by atoms with Gasteiger partial charge in [-0.2, -0.15) is 0 Å². The molecule has 20 nitrogen and oxygen atoms in total. The Balaban J connectivity index is 1.88. The number of hydrogen-bond acceptors (Lipinski definition) is 14. The number of ketones is 1. The van der Waals surface area contributed by atoms with Gasteiger partial charge in [-0.15, -0.1) is 0 Å². The van der Waals surface area contributed by atoms with Crippen molar-refractivity contribution in [2.45, 2.75) is 175 Å². The van der Waals surface area contributed by atoms with Crippen LogP contribution >= 0.6 is 0 Å². The van der Waals surface area contributed by atoms with Crippen LogP contribution in [-0.2, 0) is 59.0 Å². The van der Waals surface area contributed by atoms with E-state index in [-0.39, 0.29) is 50.0 Å². The van der Waals surface area contributed by atoms with Crippen molar-refractivity contribution in [1.29, 1.82) is 0 Å². The number of cyclic esters (lactones) is 2. The molecule has 4 rings (SSSR count). The zero-order chi connectivity index (χ0) is 55.3. The minimum Gasteiger partial charge on any atom is -0.497 e. The topological polar surface area (TPSA) is 259 Å². The van der Waals surface area contributed by atoms with Crippen LogP contribution in [0.4, 0.5) is 0 Å². The van der Waals surface area contributed by atoms with E-state index in [1.54, 1.807) is 64.1 Å². The van der Waals surface area contributed by atoms with E-state index in [0.29, 0.717) is 30.7 Å². The summed E-state index contributed by atoms with van der Waals surface area (Å²) < 4.78 is 17.2. The number of aliphatic hydroxyl groups excluding tert-OH is 1. The number of ether oxygens (including phenoxy) is 3. The second-order valence-electron chi connectivity index (χ2n) is 21.4. The number of fused-ring (bicyclic) bond motifs is 1. The van der Waals surface area contributed by atoms with Gasteiger partial charge in [0, 0.05) is 33.6 Å². The smallest absolute Gasteiger partial charge is 0.329 e. The zero-order valence-corrected chi connectivity index (χ0v) is 45.7. The van der Waals surface area contributed by atoms with Gasteiger partial charge in [-0.25, -0.2) is 4.79 Å². The van der Waals surface area contributed by atoms with Crippen LogP contribution in [0.15, 0.2) is 36.4 Å². The third-order valence-corrected chi connectivity index (χ3v) is 14.4. The predicted octanol–water partition coefficient (Wildman–Crippen LogP) is 2.47. The van der Waals surface area contributed by atoms with Gasteiger partial charge in [0.05, 0.1) is 31.6 Å². The lowest BCUT2D eigenvalue weighted by Gasteiger charge is -2.36. The van der Waals surface area contributed by atoms with Crippen LogP contribution in [-0.4, -0.2) is 168 Å². The minimum atomic E-state index is -1.68. The summed E-state index contributed by atoms with van der Waals surface area (Å²) in [5, 5.41) is 23.2. The Morgan fingerprint density at radius 3 is 2.15 bits per heavy atom. The van der Waals surface area contributed by atoms with Crippen LogP contribution in [0.25, 0.3) is 0 Å². The van der Waals surface area contributed by atoms with Gasteiger partial charge in [-0.1, -0.05) is 86.1 Å². The van der Waals surface area contributed by atoms with Gasteiger partial charge in [0.2, 0.25) is 35.4 Å². The molecule has 412 valence electrons. The standard InChI is InChI=1S/C54H83N7O13/c1-14-32(8)44-42(62)28-43(63)74-47(31(6)7)46(64)33(9)48(65)56-38(25-29(2)3)52(69)61-24-16-18-39(61)53(70)60(12)41(27-35-19-21-36(72-13)22-20-35)54(71)73-34(10)45(50(67)57-44)58-49(66)40(26-30(4)5)59(11)51(68)37-17-15-23-55-37/h15,17,19-22,29-34,37-42,44-45,47,55,62H,14,16,18,23-28H2,1-13H3,(H,56,65)(H,57,67)(H,58,66)/t32-,33-,34-,37-,38+,39-,40+,41-,42+,44+,45-,47+/m0/s1. The van der Waals surface area contributed by atoms with Crippen LogP contribution in [0.3, 0.4) is 0 Å². The number of carbonyl (C=O) groups excluding carboxylic acids is 9. The molecule has 3 heterocycles. The average molecular weight is 1040 g/mol. The van der Waals surface area contributed by atoms with Crippen molar-refractivity contribution in [2.75, 3.05) is 34.3 Å². The molecule has 20 heteroatoms. The molecule has 0 unspecified atom stereocenters. The molecule has 3 aliphatic heterocycles. The first kappa shape index (κ1) is 60.7.